The second-order valence-electron chi connectivity index (χ2n) is 6.13. The molecule has 1 aromatic heterocycles. The van der Waals surface area contributed by atoms with Crippen LogP contribution in [0.15, 0.2) is 23.6 Å². The number of nitrogens with zero attached hydrogens (tertiary/aromatic N) is 1. The van der Waals surface area contributed by atoms with Gasteiger partial charge in [-0.2, -0.15) is 11.8 Å². The predicted molar refractivity (Wildman–Crippen MR) is 105 cm³/mol. The van der Waals surface area contributed by atoms with Crippen LogP contribution in [0.2, 0.25) is 0 Å². The average Bonchev–Trinajstić information content (AvgIpc) is 3.31. The number of methoxy groups -OCH3 is 2. The number of rotatable bonds is 7. The third kappa shape index (κ3) is 4.19. The topological polar surface area (TPSA) is 97.8 Å². The summed E-state index contributed by atoms with van der Waals surface area (Å²) in [6.07, 6.45) is 0.482. The van der Waals surface area contributed by atoms with Crippen LogP contribution in [0.25, 0.3) is 10.6 Å². The molecule has 3 rings (SSSR count). The number of aromatic nitrogens is 1. The number of amides is 1. The van der Waals surface area contributed by atoms with Gasteiger partial charge in [0.2, 0.25) is 5.91 Å². The van der Waals surface area contributed by atoms with Crippen LogP contribution >= 0.6 is 23.1 Å². The molecule has 0 radical (unpaired) electrons. The van der Waals surface area contributed by atoms with Crippen LogP contribution < -0.4 is 14.8 Å². The molecule has 0 bridgehead atoms. The third-order valence-electron chi connectivity index (χ3n) is 4.33. The average molecular weight is 409 g/mol. The quantitative estimate of drug-likeness (QED) is 0.726. The van der Waals surface area contributed by atoms with E-state index in [2.05, 4.69) is 10.3 Å². The lowest BCUT2D eigenvalue weighted by Crippen LogP contribution is -2.55. The highest BCUT2D eigenvalue weighted by Gasteiger charge is 2.43. The molecule has 1 amide bonds. The van der Waals surface area contributed by atoms with Crippen molar-refractivity contribution >= 4 is 35.0 Å². The Hall–Kier alpha value is -2.26. The molecule has 144 valence electrons. The van der Waals surface area contributed by atoms with Crippen LogP contribution in [0.4, 0.5) is 0 Å². The number of carbonyl (C=O) groups is 2. The van der Waals surface area contributed by atoms with E-state index in [1.807, 2.05) is 17.5 Å². The van der Waals surface area contributed by atoms with E-state index < -0.39 is 11.5 Å². The summed E-state index contributed by atoms with van der Waals surface area (Å²) in [5.74, 6) is 1.04. The molecule has 9 heteroatoms. The summed E-state index contributed by atoms with van der Waals surface area (Å²) in [5.41, 5.74) is 0.302. The largest absolute Gasteiger partial charge is 0.493 e. The normalized spacial score (nSPS) is 18.9. The lowest BCUT2D eigenvalue weighted by atomic mass is 9.99. The molecule has 7 nitrogen and oxygen atoms in total. The highest BCUT2D eigenvalue weighted by atomic mass is 32.2. The van der Waals surface area contributed by atoms with Crippen molar-refractivity contribution in [2.24, 2.45) is 0 Å². The van der Waals surface area contributed by atoms with Crippen molar-refractivity contribution in [3.05, 3.63) is 29.3 Å². The van der Waals surface area contributed by atoms with Gasteiger partial charge in [0, 0.05) is 16.7 Å². The first-order chi connectivity index (χ1) is 13.0. The number of thioether (sulfide) groups is 1. The first-order valence-corrected chi connectivity index (χ1v) is 10.3. The Kier molecular flexibility index (Phi) is 5.91. The fourth-order valence-electron chi connectivity index (χ4n) is 2.85. The Morgan fingerprint density at radius 3 is 2.70 bits per heavy atom. The van der Waals surface area contributed by atoms with E-state index in [1.165, 1.54) is 23.1 Å². The molecule has 2 aromatic rings. The summed E-state index contributed by atoms with van der Waals surface area (Å²) in [5, 5.41) is 14.7. The molecular formula is C18H20N2O5S2. The van der Waals surface area contributed by atoms with Crippen LogP contribution in [-0.4, -0.2) is 53.2 Å². The van der Waals surface area contributed by atoms with Gasteiger partial charge in [-0.1, -0.05) is 0 Å². The van der Waals surface area contributed by atoms with Gasteiger partial charge in [0.1, 0.15) is 10.5 Å². The summed E-state index contributed by atoms with van der Waals surface area (Å²) in [6, 6.07) is 5.51. The van der Waals surface area contributed by atoms with E-state index in [1.54, 1.807) is 20.3 Å². The molecule has 1 unspecified atom stereocenters. The maximum Gasteiger partial charge on any atom is 0.330 e. The van der Waals surface area contributed by atoms with Gasteiger partial charge < -0.3 is 19.9 Å². The van der Waals surface area contributed by atoms with Gasteiger partial charge in [-0.05, 0) is 30.4 Å². The van der Waals surface area contributed by atoms with Gasteiger partial charge >= 0.3 is 5.97 Å². The highest BCUT2D eigenvalue weighted by Crippen LogP contribution is 2.33. The monoisotopic (exact) mass is 408 g/mol. The molecule has 2 heterocycles. The zero-order valence-corrected chi connectivity index (χ0v) is 16.6. The van der Waals surface area contributed by atoms with Crippen LogP contribution in [0.5, 0.6) is 11.5 Å². The summed E-state index contributed by atoms with van der Waals surface area (Å²) in [4.78, 5) is 28.4. The van der Waals surface area contributed by atoms with Crippen LogP contribution in [-0.2, 0) is 16.0 Å². The molecule has 0 saturated carbocycles. The summed E-state index contributed by atoms with van der Waals surface area (Å²) in [7, 11) is 3.14. The highest BCUT2D eigenvalue weighted by molar-refractivity contribution is 7.99. The standard InChI is InChI=1S/C18H20N2O5S2/c1-24-13-4-3-11(7-14(13)25-2)16-19-12(9-27-16)8-15(21)20-18(17(22)23)5-6-26-10-18/h3-4,7,9H,5-6,8,10H2,1-2H3,(H,20,21)(H,22,23). The molecule has 1 fully saturated rings. The Morgan fingerprint density at radius 1 is 1.30 bits per heavy atom. The number of benzene rings is 1. The minimum absolute atomic E-state index is 0.0451. The SMILES string of the molecule is COc1ccc(-c2nc(CC(=O)NC3(C(=O)O)CCSC3)cs2)cc1OC. The van der Waals surface area contributed by atoms with Gasteiger partial charge in [-0.15, -0.1) is 11.3 Å². The van der Waals surface area contributed by atoms with Gasteiger partial charge in [-0.3, -0.25) is 4.79 Å². The fraction of sp³-hybridized carbons (Fsp3) is 0.389. The van der Waals surface area contributed by atoms with E-state index in [9.17, 15) is 14.7 Å². The predicted octanol–water partition coefficient (Wildman–Crippen LogP) is 2.45. The Bertz CT molecular complexity index is 846. The molecule has 1 aliphatic heterocycles. The third-order valence-corrected chi connectivity index (χ3v) is 6.46. The van der Waals surface area contributed by atoms with E-state index in [0.717, 1.165) is 16.3 Å². The van der Waals surface area contributed by atoms with Crippen molar-refractivity contribution in [2.45, 2.75) is 18.4 Å². The van der Waals surface area contributed by atoms with Crippen LogP contribution in [0.1, 0.15) is 12.1 Å². The van der Waals surface area contributed by atoms with E-state index in [-0.39, 0.29) is 12.3 Å². The number of carboxylic acid groups (broad SMARTS) is 1. The van der Waals surface area contributed by atoms with Gasteiger partial charge in [0.25, 0.3) is 0 Å². The lowest BCUT2D eigenvalue weighted by molar-refractivity contribution is -0.146. The maximum atomic E-state index is 12.4. The van der Waals surface area contributed by atoms with E-state index >= 15 is 0 Å². The van der Waals surface area contributed by atoms with Gasteiger partial charge in [0.05, 0.1) is 26.3 Å². The van der Waals surface area contributed by atoms with Crippen LogP contribution in [0, 0.1) is 0 Å². The van der Waals surface area contributed by atoms with Crippen molar-refractivity contribution in [3.63, 3.8) is 0 Å². The molecule has 0 aliphatic carbocycles. The first-order valence-electron chi connectivity index (χ1n) is 8.26. The van der Waals surface area contributed by atoms with Gasteiger partial charge in [-0.25, -0.2) is 9.78 Å². The number of aliphatic carboxylic acids is 1. The molecule has 1 aliphatic rings. The molecule has 1 saturated heterocycles. The van der Waals surface area contributed by atoms with E-state index in [4.69, 9.17) is 9.47 Å². The Morgan fingerprint density at radius 2 is 2.07 bits per heavy atom. The number of nitrogens with one attached hydrogen (secondary N) is 1. The second-order valence-corrected chi connectivity index (χ2v) is 8.09. The molecule has 2 N–H and O–H groups in total. The Labute approximate surface area is 165 Å². The van der Waals surface area contributed by atoms with Crippen molar-refractivity contribution in [3.8, 4) is 22.1 Å². The minimum atomic E-state index is -1.16. The molecule has 27 heavy (non-hydrogen) atoms. The second kappa shape index (κ2) is 8.18. The van der Waals surface area contributed by atoms with E-state index in [0.29, 0.717) is 29.4 Å². The number of ether oxygens (including phenoxy) is 2. The minimum Gasteiger partial charge on any atom is -0.493 e. The molecule has 1 atom stereocenters. The number of thiazole rings is 1. The van der Waals surface area contributed by atoms with Crippen molar-refractivity contribution in [1.29, 1.82) is 0 Å². The maximum absolute atomic E-state index is 12.4. The summed E-state index contributed by atoms with van der Waals surface area (Å²) >= 11 is 2.95. The van der Waals surface area contributed by atoms with Crippen molar-refractivity contribution in [1.82, 2.24) is 10.3 Å². The molecular weight excluding hydrogens is 388 g/mol. The van der Waals surface area contributed by atoms with Crippen molar-refractivity contribution < 1.29 is 24.2 Å². The fourth-order valence-corrected chi connectivity index (χ4v) is 4.99. The first kappa shape index (κ1) is 19.5. The molecule has 1 aromatic carbocycles. The van der Waals surface area contributed by atoms with Gasteiger partial charge in [0.15, 0.2) is 11.5 Å². The zero-order valence-electron chi connectivity index (χ0n) is 15.0. The summed E-state index contributed by atoms with van der Waals surface area (Å²) in [6.45, 7) is 0. The van der Waals surface area contributed by atoms with Crippen LogP contribution in [0.3, 0.4) is 0 Å². The number of hydrogen-bond donors (Lipinski definition) is 2. The van der Waals surface area contributed by atoms with Crippen molar-refractivity contribution in [2.75, 3.05) is 25.7 Å². The number of carboxylic acids is 1. The number of hydrogen-bond acceptors (Lipinski definition) is 7. The molecule has 0 spiro atoms. The summed E-state index contributed by atoms with van der Waals surface area (Å²) < 4.78 is 10.5. The number of carbonyl (C=O) groups excluding carboxylic acids is 1. The smallest absolute Gasteiger partial charge is 0.330 e. The zero-order chi connectivity index (χ0) is 19.4. The lowest BCUT2D eigenvalue weighted by Gasteiger charge is -2.24. The Balaban J connectivity index is 1.71.